The second kappa shape index (κ2) is 7.42. The molecule has 0 saturated carbocycles. The van der Waals surface area contributed by atoms with Gasteiger partial charge in [0.1, 0.15) is 0 Å². The Morgan fingerprint density at radius 1 is 0.360 bits per heavy atom. The van der Waals surface area contributed by atoms with Gasteiger partial charge < -0.3 is 0 Å². The van der Waals surface area contributed by atoms with Gasteiger partial charge in [0.2, 0.25) is 0 Å². The molecule has 120 valence electrons. The molecule has 0 saturated heterocycles. The summed E-state index contributed by atoms with van der Waals surface area (Å²) in [5.74, 6) is 0. The molecule has 0 fully saturated rings. The van der Waals surface area contributed by atoms with Gasteiger partial charge in [0.25, 0.3) is 0 Å². The standard InChI is InChI=1S/C24H19S/c1-4-11-20(12-5-1)21-13-10-18-24(19-21)25(22-14-6-2-7-15-22)23-16-8-3-9-17-23/h1-19H/q+1. The summed E-state index contributed by atoms with van der Waals surface area (Å²) in [6, 6.07) is 41.1. The molecular weight excluding hydrogens is 320 g/mol. The highest BCUT2D eigenvalue weighted by Gasteiger charge is 2.28. The van der Waals surface area contributed by atoms with Crippen LogP contribution in [0.5, 0.6) is 0 Å². The minimum atomic E-state index is -0.0987. The van der Waals surface area contributed by atoms with Crippen molar-refractivity contribution < 1.29 is 0 Å². The summed E-state index contributed by atoms with van der Waals surface area (Å²) in [7, 11) is -0.0987. The molecule has 0 unspecified atom stereocenters. The lowest BCUT2D eigenvalue weighted by Crippen LogP contribution is -2.04. The first kappa shape index (κ1) is 15.7. The first-order valence-corrected chi connectivity index (χ1v) is 9.64. The normalized spacial score (nSPS) is 10.8. The van der Waals surface area contributed by atoms with Gasteiger partial charge in [0.15, 0.2) is 14.7 Å². The van der Waals surface area contributed by atoms with Crippen LogP contribution in [0, 0.1) is 0 Å². The summed E-state index contributed by atoms with van der Waals surface area (Å²) in [5.41, 5.74) is 2.52. The van der Waals surface area contributed by atoms with Crippen molar-refractivity contribution in [3.05, 3.63) is 115 Å². The van der Waals surface area contributed by atoms with E-state index in [2.05, 4.69) is 115 Å². The molecule has 0 nitrogen and oxygen atoms in total. The van der Waals surface area contributed by atoms with Gasteiger partial charge in [-0.25, -0.2) is 0 Å². The number of benzene rings is 4. The van der Waals surface area contributed by atoms with Gasteiger partial charge in [-0.2, -0.15) is 0 Å². The first-order chi connectivity index (χ1) is 12.4. The fraction of sp³-hybridized carbons (Fsp3) is 0. The minimum Gasteiger partial charge on any atom is -0.0622 e. The molecule has 0 spiro atoms. The molecule has 0 aliphatic heterocycles. The highest BCUT2D eigenvalue weighted by Crippen LogP contribution is 2.33. The van der Waals surface area contributed by atoms with E-state index in [0.29, 0.717) is 0 Å². The molecule has 0 atom stereocenters. The van der Waals surface area contributed by atoms with Gasteiger partial charge in [-0.3, -0.25) is 0 Å². The SMILES string of the molecule is c1ccc(-c2cccc([S+](c3ccccc3)c3ccccc3)c2)cc1. The highest BCUT2D eigenvalue weighted by atomic mass is 32.2. The quantitative estimate of drug-likeness (QED) is 0.375. The van der Waals surface area contributed by atoms with Gasteiger partial charge in [-0.1, -0.05) is 78.9 Å². The van der Waals surface area contributed by atoms with Crippen molar-refractivity contribution in [3.8, 4) is 11.1 Å². The summed E-state index contributed by atoms with van der Waals surface area (Å²) in [5, 5.41) is 0. The van der Waals surface area contributed by atoms with Crippen molar-refractivity contribution in [2.75, 3.05) is 0 Å². The maximum atomic E-state index is 2.33. The Bertz CT molecular complexity index is 892. The van der Waals surface area contributed by atoms with Crippen LogP contribution in [0.1, 0.15) is 0 Å². The smallest absolute Gasteiger partial charge is 0.0622 e. The number of hydrogen-bond acceptors (Lipinski definition) is 0. The molecule has 0 aliphatic carbocycles. The monoisotopic (exact) mass is 339 g/mol. The van der Waals surface area contributed by atoms with Crippen LogP contribution in [0.4, 0.5) is 0 Å². The van der Waals surface area contributed by atoms with E-state index < -0.39 is 0 Å². The van der Waals surface area contributed by atoms with E-state index in [-0.39, 0.29) is 10.9 Å². The van der Waals surface area contributed by atoms with Crippen molar-refractivity contribution in [3.63, 3.8) is 0 Å². The molecule has 4 aromatic rings. The molecule has 0 bridgehead atoms. The predicted molar refractivity (Wildman–Crippen MR) is 107 cm³/mol. The first-order valence-electron chi connectivity index (χ1n) is 8.42. The van der Waals surface area contributed by atoms with E-state index in [0.717, 1.165) is 0 Å². The van der Waals surface area contributed by atoms with E-state index in [1.165, 1.54) is 25.8 Å². The zero-order valence-electron chi connectivity index (χ0n) is 13.9. The molecule has 0 aliphatic rings. The van der Waals surface area contributed by atoms with E-state index in [1.54, 1.807) is 0 Å². The Labute approximate surface area is 152 Å². The molecule has 0 heterocycles. The molecule has 4 aromatic carbocycles. The fourth-order valence-corrected chi connectivity index (χ4v) is 5.09. The second-order valence-corrected chi connectivity index (χ2v) is 7.85. The Balaban J connectivity index is 1.83. The molecule has 1 heteroatoms. The van der Waals surface area contributed by atoms with E-state index in [1.807, 2.05) is 0 Å². The van der Waals surface area contributed by atoms with Gasteiger partial charge in [0.05, 0.1) is 10.9 Å². The van der Waals surface area contributed by atoms with Gasteiger partial charge in [0, 0.05) is 6.07 Å². The van der Waals surface area contributed by atoms with Crippen LogP contribution >= 0.6 is 0 Å². The molecule has 0 amide bonds. The average Bonchev–Trinajstić information content (AvgIpc) is 2.71. The summed E-state index contributed by atoms with van der Waals surface area (Å²) in [4.78, 5) is 4.04. The zero-order valence-corrected chi connectivity index (χ0v) is 14.7. The Morgan fingerprint density at radius 2 is 0.800 bits per heavy atom. The maximum absolute atomic E-state index is 2.33. The van der Waals surface area contributed by atoms with Crippen LogP contribution in [0.2, 0.25) is 0 Å². The largest absolute Gasteiger partial charge is 0.167 e. The molecule has 0 aromatic heterocycles. The van der Waals surface area contributed by atoms with Crippen molar-refractivity contribution in [2.24, 2.45) is 0 Å². The highest BCUT2D eigenvalue weighted by molar-refractivity contribution is 7.97. The third-order valence-corrected chi connectivity index (χ3v) is 6.35. The van der Waals surface area contributed by atoms with E-state index in [4.69, 9.17) is 0 Å². The topological polar surface area (TPSA) is 0 Å². The Morgan fingerprint density at radius 3 is 1.36 bits per heavy atom. The number of rotatable bonds is 4. The van der Waals surface area contributed by atoms with Crippen LogP contribution in [-0.2, 0) is 10.9 Å². The molecule has 25 heavy (non-hydrogen) atoms. The molecule has 0 N–H and O–H groups in total. The molecule has 0 radical (unpaired) electrons. The maximum Gasteiger partial charge on any atom is 0.167 e. The molecule has 4 rings (SSSR count). The predicted octanol–water partition coefficient (Wildman–Crippen LogP) is 6.45. The summed E-state index contributed by atoms with van der Waals surface area (Å²) >= 11 is 0. The lowest BCUT2D eigenvalue weighted by molar-refractivity contribution is 1.32. The second-order valence-electron chi connectivity index (χ2n) is 5.83. The third kappa shape index (κ3) is 3.52. The van der Waals surface area contributed by atoms with Crippen LogP contribution in [0.3, 0.4) is 0 Å². The third-order valence-electron chi connectivity index (χ3n) is 4.13. The van der Waals surface area contributed by atoms with Crippen molar-refractivity contribution in [1.29, 1.82) is 0 Å². The van der Waals surface area contributed by atoms with Crippen molar-refractivity contribution >= 4 is 10.9 Å². The Hall–Kier alpha value is -2.77. The summed E-state index contributed by atoms with van der Waals surface area (Å²) in [6.45, 7) is 0. The van der Waals surface area contributed by atoms with Crippen LogP contribution in [0.15, 0.2) is 130 Å². The lowest BCUT2D eigenvalue weighted by atomic mass is 10.1. The van der Waals surface area contributed by atoms with E-state index >= 15 is 0 Å². The average molecular weight is 339 g/mol. The van der Waals surface area contributed by atoms with Gasteiger partial charge in [-0.15, -0.1) is 0 Å². The van der Waals surface area contributed by atoms with Crippen molar-refractivity contribution in [1.82, 2.24) is 0 Å². The summed E-state index contributed by atoms with van der Waals surface area (Å²) in [6.07, 6.45) is 0. The van der Waals surface area contributed by atoms with E-state index in [9.17, 15) is 0 Å². The van der Waals surface area contributed by atoms with Crippen LogP contribution in [-0.4, -0.2) is 0 Å². The van der Waals surface area contributed by atoms with Gasteiger partial charge in [-0.05, 0) is 41.5 Å². The van der Waals surface area contributed by atoms with Crippen LogP contribution < -0.4 is 0 Å². The van der Waals surface area contributed by atoms with Gasteiger partial charge >= 0.3 is 0 Å². The molecular formula is C24H19S+. The lowest BCUT2D eigenvalue weighted by Gasteiger charge is -2.09. The number of hydrogen-bond donors (Lipinski definition) is 0. The summed E-state index contributed by atoms with van der Waals surface area (Å²) < 4.78 is 0. The fourth-order valence-electron chi connectivity index (χ4n) is 2.95. The van der Waals surface area contributed by atoms with Crippen molar-refractivity contribution in [2.45, 2.75) is 14.7 Å². The zero-order chi connectivity index (χ0) is 16.9. The van der Waals surface area contributed by atoms with Crippen LogP contribution in [0.25, 0.3) is 11.1 Å². The Kier molecular flexibility index (Phi) is 4.67. The minimum absolute atomic E-state index is 0.0987.